The number of hydrogen-bond acceptors (Lipinski definition) is 3. The van der Waals surface area contributed by atoms with Crippen LogP contribution >= 0.6 is 11.8 Å². The number of imide groups is 1. The number of thioether (sulfide) groups is 1. The molecule has 0 N–H and O–H groups in total. The average molecular weight is 335 g/mol. The lowest BCUT2D eigenvalue weighted by Crippen LogP contribution is -2.28. The minimum absolute atomic E-state index is 0.256. The zero-order valence-corrected chi connectivity index (χ0v) is 14.3. The van der Waals surface area contributed by atoms with E-state index in [1.165, 1.54) is 4.90 Å². The van der Waals surface area contributed by atoms with Gasteiger partial charge in [-0.2, -0.15) is 0 Å². The lowest BCUT2D eigenvalue weighted by Gasteiger charge is -2.15. The molecule has 0 aliphatic carbocycles. The van der Waals surface area contributed by atoms with Crippen molar-refractivity contribution in [3.8, 4) is 0 Å². The van der Waals surface area contributed by atoms with Crippen LogP contribution in [0.1, 0.15) is 16.7 Å². The standard InChI is InChI=1S/C20H17NO2S/c1-14-11-12-15(2)17(13-14)21-19(22)18(24-20(21)23)10-6-9-16-7-4-3-5-8-16/h3-13H,1-2H3/b9-6+,18-10-. The van der Waals surface area contributed by atoms with E-state index in [0.29, 0.717) is 10.6 Å². The zero-order valence-electron chi connectivity index (χ0n) is 13.5. The van der Waals surface area contributed by atoms with Crippen LogP contribution in [-0.2, 0) is 4.79 Å². The molecule has 2 amide bonds. The third-order valence-corrected chi connectivity index (χ3v) is 4.62. The van der Waals surface area contributed by atoms with Crippen LogP contribution in [0.3, 0.4) is 0 Å². The number of rotatable bonds is 3. The molecular weight excluding hydrogens is 318 g/mol. The predicted octanol–water partition coefficient (Wildman–Crippen LogP) is 5.10. The third kappa shape index (κ3) is 3.34. The molecule has 0 aromatic heterocycles. The van der Waals surface area contributed by atoms with Crippen molar-refractivity contribution in [2.24, 2.45) is 0 Å². The summed E-state index contributed by atoms with van der Waals surface area (Å²) in [4.78, 5) is 26.6. The van der Waals surface area contributed by atoms with Crippen molar-refractivity contribution in [1.82, 2.24) is 0 Å². The zero-order chi connectivity index (χ0) is 17.1. The molecule has 0 spiro atoms. The molecule has 1 aliphatic rings. The molecule has 0 unspecified atom stereocenters. The van der Waals surface area contributed by atoms with Gasteiger partial charge in [0.1, 0.15) is 0 Å². The third-order valence-electron chi connectivity index (χ3n) is 3.74. The molecule has 2 aromatic carbocycles. The summed E-state index contributed by atoms with van der Waals surface area (Å²) in [5.41, 5.74) is 3.63. The van der Waals surface area contributed by atoms with Gasteiger partial charge in [-0.1, -0.05) is 54.6 Å². The molecule has 0 saturated carbocycles. The Morgan fingerprint density at radius 3 is 2.50 bits per heavy atom. The monoisotopic (exact) mass is 335 g/mol. The van der Waals surface area contributed by atoms with Gasteiger partial charge in [-0.25, -0.2) is 4.90 Å². The molecule has 0 atom stereocenters. The van der Waals surface area contributed by atoms with E-state index in [1.54, 1.807) is 12.2 Å². The van der Waals surface area contributed by atoms with Gasteiger partial charge < -0.3 is 0 Å². The van der Waals surface area contributed by atoms with E-state index in [1.807, 2.05) is 68.5 Å². The Morgan fingerprint density at radius 1 is 1.00 bits per heavy atom. The molecule has 0 bridgehead atoms. The second-order valence-corrected chi connectivity index (χ2v) is 6.59. The van der Waals surface area contributed by atoms with Gasteiger partial charge in [0.25, 0.3) is 11.1 Å². The van der Waals surface area contributed by atoms with Gasteiger partial charge in [-0.3, -0.25) is 9.59 Å². The highest BCUT2D eigenvalue weighted by Crippen LogP contribution is 2.36. The number of benzene rings is 2. The number of allylic oxidation sites excluding steroid dienone is 2. The lowest BCUT2D eigenvalue weighted by atomic mass is 10.1. The molecule has 24 heavy (non-hydrogen) atoms. The minimum Gasteiger partial charge on any atom is -0.268 e. The molecule has 3 nitrogen and oxygen atoms in total. The minimum atomic E-state index is -0.267. The molecule has 3 rings (SSSR count). The van der Waals surface area contributed by atoms with Gasteiger partial charge in [0.15, 0.2) is 0 Å². The normalized spacial score (nSPS) is 16.6. The lowest BCUT2D eigenvalue weighted by molar-refractivity contribution is -0.113. The van der Waals surface area contributed by atoms with E-state index >= 15 is 0 Å². The van der Waals surface area contributed by atoms with Crippen LogP contribution in [0.25, 0.3) is 6.08 Å². The average Bonchev–Trinajstić information content (AvgIpc) is 2.85. The first-order valence-corrected chi connectivity index (χ1v) is 8.45. The Bertz CT molecular complexity index is 853. The van der Waals surface area contributed by atoms with Crippen molar-refractivity contribution in [3.05, 3.63) is 82.3 Å². The Kier molecular flexibility index (Phi) is 4.67. The Hall–Kier alpha value is -2.59. The number of nitrogens with zero attached hydrogens (tertiary/aromatic N) is 1. The van der Waals surface area contributed by atoms with Crippen LogP contribution in [-0.4, -0.2) is 11.1 Å². The van der Waals surface area contributed by atoms with Crippen LogP contribution in [0, 0.1) is 13.8 Å². The number of aryl methyl sites for hydroxylation is 2. The van der Waals surface area contributed by atoms with Gasteiger partial charge in [0, 0.05) is 0 Å². The molecule has 1 fully saturated rings. The summed E-state index contributed by atoms with van der Waals surface area (Å²) in [7, 11) is 0. The van der Waals surface area contributed by atoms with E-state index in [2.05, 4.69) is 0 Å². The van der Waals surface area contributed by atoms with Crippen molar-refractivity contribution in [2.45, 2.75) is 13.8 Å². The number of carbonyl (C=O) groups is 2. The highest BCUT2D eigenvalue weighted by Gasteiger charge is 2.36. The fourth-order valence-corrected chi connectivity index (χ4v) is 3.25. The number of carbonyl (C=O) groups excluding carboxylic acids is 2. The Morgan fingerprint density at radius 2 is 1.75 bits per heavy atom. The van der Waals surface area contributed by atoms with E-state index < -0.39 is 0 Å². The first-order chi connectivity index (χ1) is 11.6. The van der Waals surface area contributed by atoms with Gasteiger partial charge in [0.2, 0.25) is 0 Å². The van der Waals surface area contributed by atoms with Crippen LogP contribution in [0.4, 0.5) is 10.5 Å². The summed E-state index contributed by atoms with van der Waals surface area (Å²) in [6.45, 7) is 3.84. The highest BCUT2D eigenvalue weighted by molar-refractivity contribution is 8.18. The largest absolute Gasteiger partial charge is 0.298 e. The van der Waals surface area contributed by atoms with Crippen LogP contribution < -0.4 is 4.90 Å². The summed E-state index contributed by atoms with van der Waals surface area (Å²) in [6.07, 6.45) is 5.41. The van der Waals surface area contributed by atoms with E-state index in [0.717, 1.165) is 28.5 Å². The molecule has 1 aliphatic heterocycles. The Labute approximate surface area is 145 Å². The molecule has 2 aromatic rings. The van der Waals surface area contributed by atoms with Gasteiger partial charge in [0.05, 0.1) is 10.6 Å². The van der Waals surface area contributed by atoms with Crippen molar-refractivity contribution < 1.29 is 9.59 Å². The molecule has 0 radical (unpaired) electrons. The quantitative estimate of drug-likeness (QED) is 0.732. The van der Waals surface area contributed by atoms with Crippen LogP contribution in [0.5, 0.6) is 0 Å². The maximum atomic E-state index is 12.6. The number of anilines is 1. The maximum Gasteiger partial charge on any atom is 0.298 e. The van der Waals surface area contributed by atoms with Crippen LogP contribution in [0.15, 0.2) is 65.6 Å². The smallest absolute Gasteiger partial charge is 0.268 e. The van der Waals surface area contributed by atoms with Gasteiger partial charge in [-0.05, 0) is 54.4 Å². The van der Waals surface area contributed by atoms with Crippen molar-refractivity contribution >= 4 is 34.7 Å². The molecule has 1 heterocycles. The molecule has 1 saturated heterocycles. The Balaban J connectivity index is 1.85. The first kappa shape index (κ1) is 16.3. The summed E-state index contributed by atoms with van der Waals surface area (Å²) in [5.74, 6) is -0.267. The molecule has 120 valence electrons. The van der Waals surface area contributed by atoms with Crippen LogP contribution in [0.2, 0.25) is 0 Å². The van der Waals surface area contributed by atoms with Gasteiger partial charge >= 0.3 is 0 Å². The summed E-state index contributed by atoms with van der Waals surface area (Å²) in [5, 5.41) is -0.256. The fraction of sp³-hybridized carbons (Fsp3) is 0.100. The van der Waals surface area contributed by atoms with Crippen molar-refractivity contribution in [1.29, 1.82) is 0 Å². The summed E-state index contributed by atoms with van der Waals surface area (Å²) in [6, 6.07) is 15.6. The van der Waals surface area contributed by atoms with Crippen molar-refractivity contribution in [2.75, 3.05) is 4.90 Å². The number of amides is 2. The summed E-state index contributed by atoms with van der Waals surface area (Å²) < 4.78 is 0. The van der Waals surface area contributed by atoms with Crippen molar-refractivity contribution in [3.63, 3.8) is 0 Å². The SMILES string of the molecule is Cc1ccc(C)c(N2C(=O)S/C(=C\C=C\c3ccccc3)C2=O)c1. The summed E-state index contributed by atoms with van der Waals surface area (Å²) >= 11 is 0.974. The highest BCUT2D eigenvalue weighted by atomic mass is 32.2. The van der Waals surface area contributed by atoms with E-state index in [9.17, 15) is 9.59 Å². The molecule has 4 heteroatoms. The topological polar surface area (TPSA) is 37.4 Å². The maximum absolute atomic E-state index is 12.6. The fourth-order valence-electron chi connectivity index (χ4n) is 2.46. The van der Waals surface area contributed by atoms with Gasteiger partial charge in [-0.15, -0.1) is 0 Å². The first-order valence-electron chi connectivity index (χ1n) is 7.63. The second-order valence-electron chi connectivity index (χ2n) is 5.60. The predicted molar refractivity (Wildman–Crippen MR) is 99.9 cm³/mol. The second kappa shape index (κ2) is 6.89. The molecular formula is C20H17NO2S. The van der Waals surface area contributed by atoms with E-state index in [4.69, 9.17) is 0 Å². The van der Waals surface area contributed by atoms with E-state index in [-0.39, 0.29) is 11.1 Å². The number of hydrogen-bond donors (Lipinski definition) is 0.